The van der Waals surface area contributed by atoms with Crippen LogP contribution < -0.4 is 5.32 Å². The molecule has 8 heteroatoms. The van der Waals surface area contributed by atoms with Crippen LogP contribution in [0.5, 0.6) is 0 Å². The molecule has 0 amide bonds. The molecule has 3 aromatic rings. The van der Waals surface area contributed by atoms with Crippen LogP contribution in [0.15, 0.2) is 76.1 Å². The molecule has 0 spiro atoms. The number of hydrogen-bond acceptors (Lipinski definition) is 4. The van der Waals surface area contributed by atoms with Gasteiger partial charge in [-0.1, -0.05) is 63.9 Å². The van der Waals surface area contributed by atoms with E-state index in [4.69, 9.17) is 23.2 Å². The van der Waals surface area contributed by atoms with Gasteiger partial charge in [0.05, 0.1) is 31.9 Å². The second-order valence-electron chi connectivity index (χ2n) is 8.13. The Morgan fingerprint density at radius 2 is 1.81 bits per heavy atom. The molecule has 1 heterocycles. The van der Waals surface area contributed by atoms with Crippen molar-refractivity contribution in [2.24, 2.45) is 5.92 Å². The Bertz CT molecular complexity index is 1180. The van der Waals surface area contributed by atoms with E-state index in [1.54, 1.807) is 12.1 Å². The third-order valence-electron chi connectivity index (χ3n) is 6.37. The van der Waals surface area contributed by atoms with Gasteiger partial charge < -0.3 is 5.32 Å². The Labute approximate surface area is 209 Å². The summed E-state index contributed by atoms with van der Waals surface area (Å²) >= 11 is 18.7. The molecule has 1 aliphatic carbocycles. The third kappa shape index (κ3) is 3.92. The highest BCUT2D eigenvalue weighted by Crippen LogP contribution is 2.58. The standard InChI is InChI=1S/C24H19BrCl2N2O2S/c25-14-10-8-13(9-11-14)23-16-12-20(32-19-7-2-1-6-18(19)29(30)31)22(27)21(16)15-4-3-5-17(26)24(15)28-23/h1-11,16,20-23,28H,12H2/t16-,20+,21+,22-,23-/m0/s1. The molecule has 0 bridgehead atoms. The summed E-state index contributed by atoms with van der Waals surface area (Å²) in [7, 11) is 0. The lowest BCUT2D eigenvalue weighted by atomic mass is 9.77. The second kappa shape index (κ2) is 8.90. The average Bonchev–Trinajstić information content (AvgIpc) is 3.11. The van der Waals surface area contributed by atoms with Crippen LogP contribution in [0.4, 0.5) is 11.4 Å². The lowest BCUT2D eigenvalue weighted by molar-refractivity contribution is -0.387. The number of benzene rings is 3. The summed E-state index contributed by atoms with van der Waals surface area (Å²) in [6.45, 7) is 0. The van der Waals surface area contributed by atoms with Crippen molar-refractivity contribution in [1.29, 1.82) is 0 Å². The quantitative estimate of drug-likeness (QED) is 0.203. The fourth-order valence-corrected chi connectivity index (χ4v) is 7.42. The number of nitrogens with zero attached hydrogens (tertiary/aromatic N) is 1. The van der Waals surface area contributed by atoms with Gasteiger partial charge in [-0.15, -0.1) is 23.4 Å². The number of hydrogen-bond donors (Lipinski definition) is 1. The summed E-state index contributed by atoms with van der Waals surface area (Å²) in [5, 5.41) is 15.8. The average molecular weight is 550 g/mol. The van der Waals surface area contributed by atoms with Crippen LogP contribution in [-0.4, -0.2) is 15.6 Å². The van der Waals surface area contributed by atoms with Crippen LogP contribution in [0.1, 0.15) is 29.5 Å². The SMILES string of the molecule is O=[N+]([O-])c1ccccc1S[C@@H]1C[C@H]2[C@@H](c3cccc(Cl)c3N[C@H]2c2ccc(Br)cc2)[C@H]1Cl. The van der Waals surface area contributed by atoms with Gasteiger partial charge in [0.2, 0.25) is 0 Å². The highest BCUT2D eigenvalue weighted by Gasteiger charge is 2.50. The number of nitro benzene ring substituents is 1. The van der Waals surface area contributed by atoms with Crippen molar-refractivity contribution in [3.05, 3.63) is 97.5 Å². The molecule has 2 aliphatic rings. The first kappa shape index (κ1) is 22.1. The minimum absolute atomic E-state index is 0.0393. The van der Waals surface area contributed by atoms with Crippen LogP contribution in [0.2, 0.25) is 5.02 Å². The van der Waals surface area contributed by atoms with Gasteiger partial charge in [0.1, 0.15) is 0 Å². The molecule has 0 saturated heterocycles. The predicted octanol–water partition coefficient (Wildman–Crippen LogP) is 8.05. The van der Waals surface area contributed by atoms with Gasteiger partial charge in [0.15, 0.2) is 0 Å². The zero-order chi connectivity index (χ0) is 22.4. The Hall–Kier alpha value is -1.73. The molecule has 5 atom stereocenters. The Morgan fingerprint density at radius 3 is 2.56 bits per heavy atom. The predicted molar refractivity (Wildman–Crippen MR) is 135 cm³/mol. The van der Waals surface area contributed by atoms with Gasteiger partial charge in [-0.2, -0.15) is 0 Å². The van der Waals surface area contributed by atoms with E-state index in [9.17, 15) is 10.1 Å². The van der Waals surface area contributed by atoms with Gasteiger partial charge in [0.25, 0.3) is 5.69 Å². The number of alkyl halides is 1. The van der Waals surface area contributed by atoms with E-state index in [1.807, 2.05) is 36.4 Å². The molecule has 0 aromatic heterocycles. The van der Waals surface area contributed by atoms with Crippen molar-refractivity contribution in [2.45, 2.75) is 33.9 Å². The molecular formula is C24H19BrCl2N2O2S. The van der Waals surface area contributed by atoms with Crippen molar-refractivity contribution < 1.29 is 4.92 Å². The van der Waals surface area contributed by atoms with Crippen LogP contribution in [0.25, 0.3) is 0 Å². The summed E-state index contributed by atoms with van der Waals surface area (Å²) in [6, 6.07) is 21.2. The monoisotopic (exact) mass is 548 g/mol. The molecule has 4 nitrogen and oxygen atoms in total. The molecule has 1 N–H and O–H groups in total. The van der Waals surface area contributed by atoms with E-state index in [1.165, 1.54) is 17.3 Å². The van der Waals surface area contributed by atoms with Gasteiger partial charge in [-0.05, 0) is 47.7 Å². The first-order valence-electron chi connectivity index (χ1n) is 10.3. The smallest absolute Gasteiger partial charge is 0.282 e. The topological polar surface area (TPSA) is 55.2 Å². The number of rotatable bonds is 4. The molecule has 1 saturated carbocycles. The van der Waals surface area contributed by atoms with Crippen LogP contribution in [0.3, 0.4) is 0 Å². The fraction of sp³-hybridized carbons (Fsp3) is 0.250. The zero-order valence-electron chi connectivity index (χ0n) is 16.8. The summed E-state index contributed by atoms with van der Waals surface area (Å²) < 4.78 is 1.03. The van der Waals surface area contributed by atoms with Gasteiger partial charge in [-0.3, -0.25) is 10.1 Å². The van der Waals surface area contributed by atoms with E-state index < -0.39 is 0 Å². The number of nitrogens with one attached hydrogen (secondary N) is 1. The minimum Gasteiger partial charge on any atom is -0.376 e. The maximum atomic E-state index is 11.5. The Balaban J connectivity index is 1.54. The molecular weight excluding hydrogens is 531 g/mol. The van der Waals surface area contributed by atoms with Crippen molar-refractivity contribution >= 4 is 62.3 Å². The van der Waals surface area contributed by atoms with Gasteiger partial charge >= 0.3 is 0 Å². The van der Waals surface area contributed by atoms with Crippen LogP contribution in [-0.2, 0) is 0 Å². The highest BCUT2D eigenvalue weighted by molar-refractivity contribution is 9.10. The minimum atomic E-state index is -0.325. The van der Waals surface area contributed by atoms with E-state index in [0.717, 1.165) is 22.1 Å². The van der Waals surface area contributed by atoms with E-state index in [2.05, 4.69) is 39.4 Å². The number of anilines is 1. The lowest BCUT2D eigenvalue weighted by Gasteiger charge is -2.38. The van der Waals surface area contributed by atoms with Gasteiger partial charge in [0, 0.05) is 21.7 Å². The summed E-state index contributed by atoms with van der Waals surface area (Å²) in [5.74, 6) is 0.338. The van der Waals surface area contributed by atoms with Crippen LogP contribution in [0, 0.1) is 16.0 Å². The molecule has 32 heavy (non-hydrogen) atoms. The molecule has 3 aromatic carbocycles. The second-order valence-corrected chi connectivity index (χ2v) is 11.2. The molecule has 1 aliphatic heterocycles. The Morgan fingerprint density at radius 1 is 1.06 bits per heavy atom. The summed E-state index contributed by atoms with van der Waals surface area (Å²) in [6.07, 6.45) is 0.842. The maximum Gasteiger partial charge on any atom is 0.282 e. The Kier molecular flexibility index (Phi) is 6.14. The van der Waals surface area contributed by atoms with Crippen molar-refractivity contribution in [2.75, 3.05) is 5.32 Å². The molecule has 164 valence electrons. The number of fused-ring (bicyclic) bond motifs is 3. The van der Waals surface area contributed by atoms with Crippen LogP contribution >= 0.6 is 50.9 Å². The van der Waals surface area contributed by atoms with Crippen molar-refractivity contribution in [1.82, 2.24) is 0 Å². The van der Waals surface area contributed by atoms with Gasteiger partial charge in [-0.25, -0.2) is 0 Å². The first-order chi connectivity index (χ1) is 15.4. The largest absolute Gasteiger partial charge is 0.376 e. The fourth-order valence-electron chi connectivity index (χ4n) is 4.98. The molecule has 0 unspecified atom stereocenters. The number of halogens is 3. The third-order valence-corrected chi connectivity index (χ3v) is 9.32. The maximum absolute atomic E-state index is 11.5. The van der Waals surface area contributed by atoms with E-state index in [0.29, 0.717) is 9.92 Å². The first-order valence-corrected chi connectivity index (χ1v) is 12.8. The zero-order valence-corrected chi connectivity index (χ0v) is 20.7. The summed E-state index contributed by atoms with van der Waals surface area (Å²) in [5.41, 5.74) is 3.36. The number of nitro groups is 1. The number of thioether (sulfide) groups is 1. The van der Waals surface area contributed by atoms with Crippen molar-refractivity contribution in [3.63, 3.8) is 0 Å². The molecule has 0 radical (unpaired) electrons. The van der Waals surface area contributed by atoms with E-state index in [-0.39, 0.29) is 39.1 Å². The number of para-hydroxylation sites is 2. The van der Waals surface area contributed by atoms with Crippen molar-refractivity contribution in [3.8, 4) is 0 Å². The normalized spacial score (nSPS) is 26.2. The van der Waals surface area contributed by atoms with E-state index >= 15 is 0 Å². The molecule has 5 rings (SSSR count). The highest BCUT2D eigenvalue weighted by atomic mass is 79.9. The summed E-state index contributed by atoms with van der Waals surface area (Å²) in [4.78, 5) is 11.9. The molecule has 1 fully saturated rings. The lowest BCUT2D eigenvalue weighted by Crippen LogP contribution is -2.31.